The van der Waals surface area contributed by atoms with Crippen LogP contribution in [-0.2, 0) is 14.9 Å². The third-order valence-electron chi connectivity index (χ3n) is 5.43. The van der Waals surface area contributed by atoms with E-state index in [0.717, 1.165) is 4.47 Å². The third kappa shape index (κ3) is 5.97. The van der Waals surface area contributed by atoms with E-state index in [0.29, 0.717) is 10.2 Å². The molecule has 1 unspecified atom stereocenters. The standard InChI is InChI=1S/C22H21BrCl2N6O5S/c1-3-37(34,35)30-10-14(11-36-30)27-21(32)15-8-13(24)7-12(2)19(15)28-22(33)17-9-18(23)29-31(17)20-16(25)5-4-6-26-20/h4-9,14H,3,10-11H2,1-2H3,(H,27,32)(H,28,33). The van der Waals surface area contributed by atoms with Crippen LogP contribution in [0.1, 0.15) is 33.3 Å². The number of benzene rings is 1. The molecule has 1 aromatic carbocycles. The van der Waals surface area contributed by atoms with Crippen molar-refractivity contribution in [2.75, 3.05) is 24.2 Å². The number of aromatic nitrogens is 3. The van der Waals surface area contributed by atoms with E-state index in [-0.39, 0.29) is 51.7 Å². The van der Waals surface area contributed by atoms with Gasteiger partial charge in [0.1, 0.15) is 10.3 Å². The summed E-state index contributed by atoms with van der Waals surface area (Å²) in [4.78, 5) is 36.0. The molecule has 4 rings (SSSR count). The number of hydrogen-bond donors (Lipinski definition) is 2. The highest BCUT2D eigenvalue weighted by atomic mass is 79.9. The number of rotatable bonds is 7. The van der Waals surface area contributed by atoms with Gasteiger partial charge in [0.15, 0.2) is 5.82 Å². The van der Waals surface area contributed by atoms with Gasteiger partial charge in [-0.2, -0.15) is 5.10 Å². The Morgan fingerprint density at radius 1 is 1.24 bits per heavy atom. The molecule has 2 aromatic heterocycles. The summed E-state index contributed by atoms with van der Waals surface area (Å²) in [5, 5.41) is 10.3. The molecule has 0 spiro atoms. The molecule has 2 N–H and O–H groups in total. The molecular weight excluding hydrogens is 611 g/mol. The lowest BCUT2D eigenvalue weighted by Gasteiger charge is -2.17. The second-order valence-electron chi connectivity index (χ2n) is 8.02. The van der Waals surface area contributed by atoms with E-state index < -0.39 is 27.9 Å². The Morgan fingerprint density at radius 3 is 2.70 bits per heavy atom. The molecule has 2 amide bonds. The molecule has 15 heteroatoms. The van der Waals surface area contributed by atoms with Crippen molar-refractivity contribution in [3.05, 3.63) is 68.0 Å². The van der Waals surface area contributed by atoms with Gasteiger partial charge in [-0.05, 0) is 59.6 Å². The summed E-state index contributed by atoms with van der Waals surface area (Å²) in [6.45, 7) is 3.13. The molecular formula is C22H21BrCl2N6O5S. The molecule has 3 aromatic rings. The fourth-order valence-corrected chi connectivity index (χ4v) is 5.39. The zero-order valence-electron chi connectivity index (χ0n) is 19.5. The Bertz CT molecular complexity index is 1480. The van der Waals surface area contributed by atoms with Gasteiger partial charge in [0, 0.05) is 17.3 Å². The predicted molar refractivity (Wildman–Crippen MR) is 142 cm³/mol. The van der Waals surface area contributed by atoms with Crippen molar-refractivity contribution in [2.24, 2.45) is 0 Å². The minimum absolute atomic E-state index is 0.0236. The molecule has 1 aliphatic rings. The van der Waals surface area contributed by atoms with Crippen molar-refractivity contribution >= 4 is 66.7 Å². The number of sulfonamides is 1. The van der Waals surface area contributed by atoms with Crippen LogP contribution in [0.15, 0.2) is 41.1 Å². The Balaban J connectivity index is 1.60. The molecule has 11 nitrogen and oxygen atoms in total. The highest BCUT2D eigenvalue weighted by molar-refractivity contribution is 9.10. The number of nitrogens with one attached hydrogen (secondary N) is 2. The van der Waals surface area contributed by atoms with Crippen LogP contribution in [0.2, 0.25) is 10.0 Å². The van der Waals surface area contributed by atoms with E-state index in [1.165, 1.54) is 29.9 Å². The lowest BCUT2D eigenvalue weighted by molar-refractivity contribution is -0.0288. The first-order chi connectivity index (χ1) is 17.5. The SMILES string of the molecule is CCS(=O)(=O)N1CC(NC(=O)c2cc(Cl)cc(C)c2NC(=O)c2cc(Br)nn2-c2ncccc2Cl)CO1. The van der Waals surface area contributed by atoms with Gasteiger partial charge in [-0.15, -0.1) is 0 Å². The normalized spacial score (nSPS) is 16.1. The maximum absolute atomic E-state index is 13.4. The number of nitrogens with zero attached hydrogens (tertiary/aromatic N) is 4. The monoisotopic (exact) mass is 630 g/mol. The average molecular weight is 632 g/mol. The highest BCUT2D eigenvalue weighted by Crippen LogP contribution is 2.28. The van der Waals surface area contributed by atoms with E-state index in [1.54, 1.807) is 25.1 Å². The van der Waals surface area contributed by atoms with Gasteiger partial charge in [-0.1, -0.05) is 27.7 Å². The summed E-state index contributed by atoms with van der Waals surface area (Å²) in [7, 11) is -3.57. The van der Waals surface area contributed by atoms with E-state index in [1.807, 2.05) is 0 Å². The van der Waals surface area contributed by atoms with Gasteiger partial charge in [0.05, 0.1) is 41.2 Å². The molecule has 1 saturated heterocycles. The zero-order chi connectivity index (χ0) is 26.9. The summed E-state index contributed by atoms with van der Waals surface area (Å²) in [6.07, 6.45) is 1.52. The van der Waals surface area contributed by atoms with Crippen molar-refractivity contribution in [3.63, 3.8) is 0 Å². The van der Waals surface area contributed by atoms with Gasteiger partial charge in [-0.25, -0.2) is 18.1 Å². The molecule has 0 aliphatic carbocycles. The molecule has 0 bridgehead atoms. The van der Waals surface area contributed by atoms with Crippen LogP contribution < -0.4 is 10.6 Å². The molecule has 1 atom stereocenters. The minimum Gasteiger partial charge on any atom is -0.345 e. The molecule has 37 heavy (non-hydrogen) atoms. The first-order valence-electron chi connectivity index (χ1n) is 10.9. The number of carbonyl (C=O) groups excluding carboxylic acids is 2. The molecule has 1 fully saturated rings. The van der Waals surface area contributed by atoms with E-state index >= 15 is 0 Å². The second-order valence-corrected chi connectivity index (χ2v) is 11.8. The fraction of sp³-hybridized carbons (Fsp3) is 0.273. The Hall–Kier alpha value is -2.55. The lowest BCUT2D eigenvalue weighted by Crippen LogP contribution is -2.40. The number of carbonyl (C=O) groups is 2. The predicted octanol–water partition coefficient (Wildman–Crippen LogP) is 3.59. The van der Waals surface area contributed by atoms with E-state index in [9.17, 15) is 18.0 Å². The first kappa shape index (κ1) is 27.5. The smallest absolute Gasteiger partial charge is 0.274 e. The molecule has 196 valence electrons. The fourth-order valence-electron chi connectivity index (χ4n) is 3.62. The average Bonchev–Trinajstić information content (AvgIpc) is 3.48. The number of anilines is 1. The molecule has 1 aliphatic heterocycles. The van der Waals surface area contributed by atoms with Crippen molar-refractivity contribution in [2.45, 2.75) is 19.9 Å². The van der Waals surface area contributed by atoms with Crippen molar-refractivity contribution < 1.29 is 22.8 Å². The van der Waals surface area contributed by atoms with E-state index in [4.69, 9.17) is 28.0 Å². The van der Waals surface area contributed by atoms with E-state index in [2.05, 4.69) is 36.6 Å². The Labute approximate surface area is 231 Å². The minimum atomic E-state index is -3.57. The van der Waals surface area contributed by atoms with Crippen LogP contribution in [0, 0.1) is 6.92 Å². The van der Waals surface area contributed by atoms with Crippen molar-refractivity contribution in [1.29, 1.82) is 0 Å². The van der Waals surface area contributed by atoms with Crippen LogP contribution in [0.25, 0.3) is 5.82 Å². The van der Waals surface area contributed by atoms with Crippen molar-refractivity contribution in [1.82, 2.24) is 24.5 Å². The number of halogens is 3. The Kier molecular flexibility index (Phi) is 8.21. The number of pyridine rings is 1. The van der Waals surface area contributed by atoms with Crippen LogP contribution in [0.3, 0.4) is 0 Å². The number of amides is 2. The van der Waals surface area contributed by atoms with Gasteiger partial charge in [-0.3, -0.25) is 14.4 Å². The van der Waals surface area contributed by atoms with Crippen molar-refractivity contribution in [3.8, 4) is 5.82 Å². The third-order valence-corrected chi connectivity index (χ3v) is 7.94. The van der Waals surface area contributed by atoms with Crippen LogP contribution in [0.4, 0.5) is 5.69 Å². The maximum Gasteiger partial charge on any atom is 0.274 e. The van der Waals surface area contributed by atoms with Crippen LogP contribution in [-0.4, -0.2) is 64.4 Å². The Morgan fingerprint density at radius 2 is 2.00 bits per heavy atom. The van der Waals surface area contributed by atoms with Gasteiger partial charge < -0.3 is 10.6 Å². The zero-order valence-corrected chi connectivity index (χ0v) is 23.4. The highest BCUT2D eigenvalue weighted by Gasteiger charge is 2.33. The van der Waals surface area contributed by atoms with Gasteiger partial charge >= 0.3 is 0 Å². The van der Waals surface area contributed by atoms with Crippen LogP contribution >= 0.6 is 39.1 Å². The number of hydroxylamine groups is 1. The maximum atomic E-state index is 13.4. The first-order valence-corrected chi connectivity index (χ1v) is 14.1. The summed E-state index contributed by atoms with van der Waals surface area (Å²) in [6, 6.07) is 7.18. The van der Waals surface area contributed by atoms with Gasteiger partial charge in [0.2, 0.25) is 10.0 Å². The lowest BCUT2D eigenvalue weighted by atomic mass is 10.1. The number of aryl methyl sites for hydroxylation is 1. The summed E-state index contributed by atoms with van der Waals surface area (Å²) < 4.78 is 26.6. The summed E-state index contributed by atoms with van der Waals surface area (Å²) in [5.74, 6) is -1.02. The number of hydrogen-bond acceptors (Lipinski definition) is 7. The molecule has 0 saturated carbocycles. The summed E-state index contributed by atoms with van der Waals surface area (Å²) in [5.41, 5.74) is 0.957. The topological polar surface area (TPSA) is 136 Å². The van der Waals surface area contributed by atoms with Crippen LogP contribution in [0.5, 0.6) is 0 Å². The van der Waals surface area contributed by atoms with Gasteiger partial charge in [0.25, 0.3) is 11.8 Å². The summed E-state index contributed by atoms with van der Waals surface area (Å²) >= 11 is 15.7. The quantitative estimate of drug-likeness (QED) is 0.407. The largest absolute Gasteiger partial charge is 0.345 e. The molecule has 3 heterocycles. The molecule has 0 radical (unpaired) electrons. The second kappa shape index (κ2) is 11.1.